The number of amides is 1. The van der Waals surface area contributed by atoms with E-state index >= 15 is 0 Å². The molecule has 1 amide bonds. The number of carbonyl (C=O) groups excluding carboxylic acids is 1. The van der Waals surface area contributed by atoms with Gasteiger partial charge in [0.2, 0.25) is 5.95 Å². The van der Waals surface area contributed by atoms with E-state index in [1.165, 1.54) is 24.5 Å². The number of aromatic nitrogens is 3. The molecule has 0 spiro atoms. The summed E-state index contributed by atoms with van der Waals surface area (Å²) in [7, 11) is 1.62. The Kier molecular flexibility index (Phi) is 5.51. The number of hydrogen-bond acceptors (Lipinski definition) is 6. The van der Waals surface area contributed by atoms with E-state index in [4.69, 9.17) is 4.74 Å². The summed E-state index contributed by atoms with van der Waals surface area (Å²) in [4.78, 5) is 30.5. The van der Waals surface area contributed by atoms with Gasteiger partial charge >= 0.3 is 0 Å². The summed E-state index contributed by atoms with van der Waals surface area (Å²) in [5, 5.41) is 15.7. The molecule has 5 rings (SSSR count). The second-order valence-electron chi connectivity index (χ2n) is 7.94. The summed E-state index contributed by atoms with van der Waals surface area (Å²) in [6, 6.07) is 22.7. The van der Waals surface area contributed by atoms with Crippen molar-refractivity contribution in [3.8, 4) is 5.75 Å². The number of nitro groups is 1. The van der Waals surface area contributed by atoms with Crippen LogP contribution in [-0.4, -0.2) is 32.7 Å². The molecule has 0 unspecified atom stereocenters. The third-order valence-electron chi connectivity index (χ3n) is 6.03. The van der Waals surface area contributed by atoms with Crippen LogP contribution in [0.2, 0.25) is 0 Å². The Hall–Kier alpha value is -4.53. The molecule has 0 N–H and O–H groups in total. The highest BCUT2D eigenvalue weighted by Gasteiger charge is 2.40. The lowest BCUT2D eigenvalue weighted by Gasteiger charge is -2.39. The zero-order valence-corrected chi connectivity index (χ0v) is 18.3. The van der Waals surface area contributed by atoms with E-state index in [1.807, 2.05) is 54.6 Å². The molecule has 9 nitrogen and oxygen atoms in total. The average molecular weight is 455 g/mol. The fourth-order valence-corrected chi connectivity index (χ4v) is 4.38. The monoisotopic (exact) mass is 455 g/mol. The number of anilines is 1. The van der Waals surface area contributed by atoms with Gasteiger partial charge in [-0.25, -0.2) is 4.68 Å². The number of ether oxygens (including phenoxy) is 1. The fourth-order valence-electron chi connectivity index (χ4n) is 4.38. The lowest BCUT2D eigenvalue weighted by Crippen LogP contribution is -2.42. The van der Waals surface area contributed by atoms with Gasteiger partial charge in [0, 0.05) is 17.7 Å². The van der Waals surface area contributed by atoms with E-state index in [-0.39, 0.29) is 29.2 Å². The van der Waals surface area contributed by atoms with E-state index < -0.39 is 4.92 Å². The van der Waals surface area contributed by atoms with Gasteiger partial charge in [-0.15, -0.1) is 0 Å². The number of non-ortho nitro benzene ring substituents is 1. The molecule has 3 aromatic carbocycles. The van der Waals surface area contributed by atoms with Crippen LogP contribution in [0.4, 0.5) is 11.6 Å². The Labute approximate surface area is 195 Å². The highest BCUT2D eigenvalue weighted by Crippen LogP contribution is 2.42. The van der Waals surface area contributed by atoms with Gasteiger partial charge in [0.1, 0.15) is 12.1 Å². The minimum absolute atomic E-state index is 0.142. The van der Waals surface area contributed by atoms with Gasteiger partial charge in [-0.2, -0.15) is 10.1 Å². The highest BCUT2D eigenvalue weighted by molar-refractivity contribution is 6.06. The molecule has 1 aliphatic rings. The molecule has 0 fully saturated rings. The number of rotatable bonds is 5. The maximum atomic E-state index is 13.8. The predicted molar refractivity (Wildman–Crippen MR) is 125 cm³/mol. The topological polar surface area (TPSA) is 103 Å². The van der Waals surface area contributed by atoms with Crippen molar-refractivity contribution in [2.45, 2.75) is 18.5 Å². The number of benzene rings is 3. The van der Waals surface area contributed by atoms with Crippen molar-refractivity contribution in [3.05, 3.63) is 112 Å². The van der Waals surface area contributed by atoms with E-state index in [0.29, 0.717) is 12.4 Å². The molecule has 2 atom stereocenters. The Morgan fingerprint density at radius 3 is 2.44 bits per heavy atom. The van der Waals surface area contributed by atoms with Gasteiger partial charge in [0.15, 0.2) is 0 Å². The summed E-state index contributed by atoms with van der Waals surface area (Å²) >= 11 is 0. The van der Waals surface area contributed by atoms with Gasteiger partial charge in [-0.05, 0) is 35.7 Å². The van der Waals surface area contributed by atoms with Crippen molar-refractivity contribution >= 4 is 17.5 Å². The first-order valence-corrected chi connectivity index (χ1v) is 10.7. The predicted octanol–water partition coefficient (Wildman–Crippen LogP) is 4.58. The number of nitro benzene ring substituents is 1. The van der Waals surface area contributed by atoms with Gasteiger partial charge in [0.25, 0.3) is 11.6 Å². The molecule has 2 heterocycles. The minimum Gasteiger partial charge on any atom is -0.497 e. The number of hydrogen-bond donors (Lipinski definition) is 0. The number of fused-ring (bicyclic) bond motifs is 1. The van der Waals surface area contributed by atoms with Crippen LogP contribution in [0, 0.1) is 10.1 Å². The molecular formula is C25H21N5O4. The Morgan fingerprint density at radius 2 is 1.74 bits per heavy atom. The fraction of sp³-hybridized carbons (Fsp3) is 0.160. The molecule has 0 bridgehead atoms. The van der Waals surface area contributed by atoms with Crippen LogP contribution in [0.25, 0.3) is 0 Å². The molecule has 0 aliphatic carbocycles. The normalized spacial score (nSPS) is 17.1. The van der Waals surface area contributed by atoms with Crippen molar-refractivity contribution in [1.29, 1.82) is 0 Å². The first kappa shape index (κ1) is 21.3. The molecule has 0 saturated carbocycles. The Bertz CT molecular complexity index is 1340. The Balaban J connectivity index is 1.62. The van der Waals surface area contributed by atoms with Crippen LogP contribution in [0.3, 0.4) is 0 Å². The lowest BCUT2D eigenvalue weighted by molar-refractivity contribution is -0.384. The van der Waals surface area contributed by atoms with Crippen LogP contribution >= 0.6 is 0 Å². The zero-order chi connectivity index (χ0) is 23.7. The third-order valence-corrected chi connectivity index (χ3v) is 6.03. The van der Waals surface area contributed by atoms with Gasteiger partial charge in [0.05, 0.1) is 24.1 Å². The van der Waals surface area contributed by atoms with E-state index in [1.54, 1.807) is 22.8 Å². The van der Waals surface area contributed by atoms with Crippen molar-refractivity contribution in [2.75, 3.05) is 12.0 Å². The van der Waals surface area contributed by atoms with E-state index in [2.05, 4.69) is 10.1 Å². The van der Waals surface area contributed by atoms with Gasteiger partial charge in [-0.3, -0.25) is 19.8 Å². The smallest absolute Gasteiger partial charge is 0.270 e. The summed E-state index contributed by atoms with van der Waals surface area (Å²) in [5.41, 5.74) is 2.02. The van der Waals surface area contributed by atoms with E-state index in [9.17, 15) is 14.9 Å². The summed E-state index contributed by atoms with van der Waals surface area (Å²) < 4.78 is 7.02. The molecule has 1 aliphatic heterocycles. The maximum Gasteiger partial charge on any atom is 0.270 e. The molecule has 170 valence electrons. The van der Waals surface area contributed by atoms with Crippen LogP contribution in [0.5, 0.6) is 5.75 Å². The lowest BCUT2D eigenvalue weighted by atomic mass is 9.91. The first-order valence-electron chi connectivity index (χ1n) is 10.7. The Morgan fingerprint density at radius 1 is 1.00 bits per heavy atom. The summed E-state index contributed by atoms with van der Waals surface area (Å²) in [6.07, 6.45) is 1.97. The molecule has 1 aromatic heterocycles. The summed E-state index contributed by atoms with van der Waals surface area (Å²) in [6.45, 7) is 0. The second-order valence-corrected chi connectivity index (χ2v) is 7.94. The molecule has 34 heavy (non-hydrogen) atoms. The van der Waals surface area contributed by atoms with Crippen LogP contribution in [-0.2, 0) is 0 Å². The van der Waals surface area contributed by atoms with Crippen LogP contribution in [0.1, 0.15) is 40.0 Å². The first-order chi connectivity index (χ1) is 16.6. The van der Waals surface area contributed by atoms with Crippen molar-refractivity contribution in [1.82, 2.24) is 14.8 Å². The standard InChI is InChI=1S/C25H21N5O4/c1-34-21-12-10-18(11-13-21)23-15-22(17-6-3-2-4-7-17)28(25-26-16-27-29(23)25)24(31)19-8-5-9-20(14-19)30(32)33/h2-14,16,22-23H,15H2,1H3/t22-,23-/m1/s1. The van der Waals surface area contributed by atoms with Crippen molar-refractivity contribution in [2.24, 2.45) is 0 Å². The average Bonchev–Trinajstić information content (AvgIpc) is 3.38. The quantitative estimate of drug-likeness (QED) is 0.322. The number of methoxy groups -OCH3 is 1. The zero-order valence-electron chi connectivity index (χ0n) is 18.3. The molecule has 0 radical (unpaired) electrons. The van der Waals surface area contributed by atoms with Gasteiger partial charge in [-0.1, -0.05) is 48.5 Å². The van der Waals surface area contributed by atoms with Crippen LogP contribution < -0.4 is 9.64 Å². The van der Waals surface area contributed by atoms with Crippen LogP contribution in [0.15, 0.2) is 85.2 Å². The van der Waals surface area contributed by atoms with E-state index in [0.717, 1.165) is 16.9 Å². The highest BCUT2D eigenvalue weighted by atomic mass is 16.6. The van der Waals surface area contributed by atoms with Gasteiger partial charge < -0.3 is 4.74 Å². The molecule has 4 aromatic rings. The largest absolute Gasteiger partial charge is 0.497 e. The maximum absolute atomic E-state index is 13.8. The summed E-state index contributed by atoms with van der Waals surface area (Å²) in [5.74, 6) is 0.762. The molecule has 9 heteroatoms. The second kappa shape index (κ2) is 8.78. The number of nitrogens with zero attached hydrogens (tertiary/aromatic N) is 5. The third kappa shape index (κ3) is 3.77. The number of carbonyl (C=O) groups is 1. The SMILES string of the molecule is COc1ccc([C@H]2C[C@H](c3ccccc3)N(C(=O)c3cccc([N+](=O)[O-])c3)c3ncnn32)cc1. The van der Waals surface area contributed by atoms with Crippen molar-refractivity contribution < 1.29 is 14.5 Å². The minimum atomic E-state index is -0.510. The molecular weight excluding hydrogens is 434 g/mol. The van der Waals surface area contributed by atoms with Crippen molar-refractivity contribution in [3.63, 3.8) is 0 Å². The molecule has 0 saturated heterocycles.